The third-order valence-electron chi connectivity index (χ3n) is 11.5. The molecule has 4 amide bonds. The maximum Gasteiger partial charge on any atom is 0.471 e. The third-order valence-corrected chi connectivity index (χ3v) is 12.5. The van der Waals surface area contributed by atoms with Crippen LogP contribution in [0.3, 0.4) is 0 Å². The lowest BCUT2D eigenvalue weighted by Gasteiger charge is -2.13. The molecule has 0 fully saturated rings. The standard InChI is InChI=1S/C56H106N3O21P/c1-66-81(64,65)80-51-5-3-2-4-23-57-53(60)19-6-26-67-27-7-28-68-29-8-30-69-31-9-32-70-33-10-34-71-35-11-36-72-37-12-38-73-39-13-40-74-41-14-42-75-43-15-44-76-45-16-46-77-47-17-48-78-49-18-50-79-52-24-58-54(61)22-25-59-55(62)20-21-56(59)63/h20-21H,2-19,22-52H2,1H3,(H,57,60)(H,58,61)(H,64,65). The lowest BCUT2D eigenvalue weighted by molar-refractivity contribution is -0.137. The maximum atomic E-state index is 11.9. The zero-order valence-electron chi connectivity index (χ0n) is 49.3. The number of nitrogens with one attached hydrogen (secondary N) is 2. The fraction of sp³-hybridized carbons (Fsp3) is 0.893. The van der Waals surface area contributed by atoms with E-state index in [9.17, 15) is 23.7 Å². The van der Waals surface area contributed by atoms with Gasteiger partial charge in [-0.25, -0.2) is 4.57 Å². The first kappa shape index (κ1) is 76.4. The molecule has 24 nitrogen and oxygen atoms in total. The largest absolute Gasteiger partial charge is 0.471 e. The highest BCUT2D eigenvalue weighted by Gasteiger charge is 2.23. The minimum Gasteiger partial charge on any atom is -0.381 e. The third kappa shape index (κ3) is 56.3. The van der Waals surface area contributed by atoms with E-state index >= 15 is 0 Å². The molecule has 0 aliphatic carbocycles. The molecule has 1 aliphatic heterocycles. The molecule has 1 rings (SSSR count). The molecule has 3 N–H and O–H groups in total. The van der Waals surface area contributed by atoms with Crippen LogP contribution in [0.4, 0.5) is 0 Å². The second kappa shape index (κ2) is 60.5. The van der Waals surface area contributed by atoms with E-state index in [1.807, 2.05) is 0 Å². The summed E-state index contributed by atoms with van der Waals surface area (Å²) in [5, 5.41) is 5.62. The second-order valence-electron chi connectivity index (χ2n) is 18.8. The first-order valence-electron chi connectivity index (χ1n) is 29.9. The molecule has 0 aromatic carbocycles. The number of carbonyl (C=O) groups is 4. The number of phosphoric acid groups is 1. The van der Waals surface area contributed by atoms with Crippen molar-refractivity contribution >= 4 is 31.5 Å². The molecule has 1 aliphatic rings. The van der Waals surface area contributed by atoms with E-state index < -0.39 is 7.82 Å². The van der Waals surface area contributed by atoms with Gasteiger partial charge in [0, 0.05) is 217 Å². The molecule has 0 saturated carbocycles. The minimum atomic E-state index is -3.89. The lowest BCUT2D eigenvalue weighted by atomic mass is 10.2. The molecule has 1 unspecified atom stereocenters. The second-order valence-corrected chi connectivity index (χ2v) is 20.4. The van der Waals surface area contributed by atoms with Gasteiger partial charge in [0.25, 0.3) is 11.8 Å². The van der Waals surface area contributed by atoms with Gasteiger partial charge in [-0.15, -0.1) is 0 Å². The van der Waals surface area contributed by atoms with Crippen LogP contribution in [-0.2, 0) is 94.4 Å². The summed E-state index contributed by atoms with van der Waals surface area (Å²) in [7, 11) is -2.75. The number of phosphoric ester groups is 1. The monoisotopic (exact) mass is 1190 g/mol. The fourth-order valence-corrected chi connectivity index (χ4v) is 7.63. The normalized spacial score (nSPS) is 13.2. The van der Waals surface area contributed by atoms with Crippen molar-refractivity contribution < 1.29 is 99.3 Å². The predicted molar refractivity (Wildman–Crippen MR) is 303 cm³/mol. The van der Waals surface area contributed by atoms with Crippen LogP contribution in [-0.4, -0.2) is 239 Å². The van der Waals surface area contributed by atoms with Gasteiger partial charge in [0.2, 0.25) is 11.8 Å². The summed E-state index contributed by atoms with van der Waals surface area (Å²) >= 11 is 0. The summed E-state index contributed by atoms with van der Waals surface area (Å²) in [6, 6.07) is 0. The lowest BCUT2D eigenvalue weighted by Crippen LogP contribution is -2.35. The summed E-state index contributed by atoms with van der Waals surface area (Å²) in [6.07, 6.45) is 16.9. The van der Waals surface area contributed by atoms with Crippen molar-refractivity contribution in [3.05, 3.63) is 12.2 Å². The molecule has 0 bridgehead atoms. The molecule has 1 atom stereocenters. The van der Waals surface area contributed by atoms with Gasteiger partial charge < -0.3 is 77.1 Å². The minimum absolute atomic E-state index is 0.0190. The highest BCUT2D eigenvalue weighted by molar-refractivity contribution is 7.47. The first-order chi connectivity index (χ1) is 39.7. The van der Waals surface area contributed by atoms with Crippen LogP contribution in [0, 0.1) is 0 Å². The van der Waals surface area contributed by atoms with Gasteiger partial charge in [-0.2, -0.15) is 0 Å². The average Bonchev–Trinajstić information content (AvgIpc) is 3.79. The Kier molecular flexibility index (Phi) is 57.1. The molecule has 0 aromatic heterocycles. The van der Waals surface area contributed by atoms with Crippen molar-refractivity contribution in [3.63, 3.8) is 0 Å². The van der Waals surface area contributed by atoms with Gasteiger partial charge in [0.05, 0.1) is 13.2 Å². The van der Waals surface area contributed by atoms with Crippen LogP contribution in [0.5, 0.6) is 0 Å². The van der Waals surface area contributed by atoms with Crippen molar-refractivity contribution in [2.75, 3.05) is 205 Å². The number of carbonyl (C=O) groups excluding carboxylic acids is 4. The van der Waals surface area contributed by atoms with E-state index in [4.69, 9.17) is 71.0 Å². The van der Waals surface area contributed by atoms with Gasteiger partial charge in [-0.05, 0) is 96.3 Å². The Labute approximate surface area is 484 Å². The Balaban J connectivity index is 1.62. The Morgan fingerprint density at radius 1 is 0.370 bits per heavy atom. The number of amides is 4. The van der Waals surface area contributed by atoms with Gasteiger partial charge >= 0.3 is 7.82 Å². The Morgan fingerprint density at radius 3 is 0.963 bits per heavy atom. The highest BCUT2D eigenvalue weighted by Crippen LogP contribution is 2.41. The van der Waals surface area contributed by atoms with E-state index in [1.165, 1.54) is 12.2 Å². The molecule has 0 aromatic rings. The van der Waals surface area contributed by atoms with Crippen LogP contribution in [0.15, 0.2) is 12.2 Å². The Bertz CT molecular complexity index is 1510. The van der Waals surface area contributed by atoms with Crippen molar-refractivity contribution in [3.8, 4) is 0 Å². The van der Waals surface area contributed by atoms with E-state index in [0.717, 1.165) is 108 Å². The number of unbranched alkanes of at least 4 members (excludes halogenated alkanes) is 3. The number of hydrogen-bond donors (Lipinski definition) is 3. The number of ether oxygens (including phenoxy) is 13. The van der Waals surface area contributed by atoms with Crippen LogP contribution < -0.4 is 10.6 Å². The molecule has 476 valence electrons. The van der Waals surface area contributed by atoms with Crippen LogP contribution in [0.1, 0.15) is 122 Å². The molecular weight excluding hydrogens is 1080 g/mol. The molecule has 1 heterocycles. The van der Waals surface area contributed by atoms with Gasteiger partial charge in [-0.3, -0.25) is 33.1 Å². The number of imide groups is 1. The fourth-order valence-electron chi connectivity index (χ4n) is 7.16. The number of hydrogen-bond acceptors (Lipinski definition) is 20. The first-order valence-corrected chi connectivity index (χ1v) is 31.4. The Morgan fingerprint density at radius 2 is 0.642 bits per heavy atom. The molecule has 0 saturated heterocycles. The maximum absolute atomic E-state index is 11.9. The summed E-state index contributed by atoms with van der Waals surface area (Å²) in [6.45, 7) is 17.9. The smallest absolute Gasteiger partial charge is 0.381 e. The van der Waals surface area contributed by atoms with E-state index in [1.54, 1.807) is 0 Å². The summed E-state index contributed by atoms with van der Waals surface area (Å²) in [5.74, 6) is -0.990. The van der Waals surface area contributed by atoms with Crippen molar-refractivity contribution in [2.45, 2.75) is 122 Å². The zero-order valence-corrected chi connectivity index (χ0v) is 50.2. The highest BCUT2D eigenvalue weighted by atomic mass is 31.2. The summed E-state index contributed by atoms with van der Waals surface area (Å²) in [4.78, 5) is 57.0. The van der Waals surface area contributed by atoms with Crippen LogP contribution in [0.2, 0.25) is 0 Å². The summed E-state index contributed by atoms with van der Waals surface area (Å²) in [5.41, 5.74) is 0. The molecule has 25 heteroatoms. The van der Waals surface area contributed by atoms with E-state index in [-0.39, 0.29) is 43.2 Å². The van der Waals surface area contributed by atoms with Crippen molar-refractivity contribution in [2.24, 2.45) is 0 Å². The van der Waals surface area contributed by atoms with Gasteiger partial charge in [0.15, 0.2) is 0 Å². The van der Waals surface area contributed by atoms with Gasteiger partial charge in [-0.1, -0.05) is 12.8 Å². The average molecular weight is 1190 g/mol. The Hall–Kier alpha value is -2.59. The molecule has 0 spiro atoms. The van der Waals surface area contributed by atoms with Crippen LogP contribution >= 0.6 is 7.82 Å². The molecule has 0 radical (unpaired) electrons. The summed E-state index contributed by atoms with van der Waals surface area (Å²) < 4.78 is 93.8. The SMILES string of the molecule is COP(=O)(O)OCCCCCCNC(=O)CCCOCCCOCCCOCCCOCCCOCCCOCCCOCCCOCCCOCCCOCCCOCCCOCCCOCCNC(=O)CCN1C(=O)C=CC1=O. The van der Waals surface area contributed by atoms with Crippen molar-refractivity contribution in [1.82, 2.24) is 15.5 Å². The topological polar surface area (TPSA) is 271 Å². The van der Waals surface area contributed by atoms with Crippen molar-refractivity contribution in [1.29, 1.82) is 0 Å². The quantitative estimate of drug-likeness (QED) is 0.0383. The number of nitrogens with zero attached hydrogens (tertiary/aromatic N) is 1. The van der Waals surface area contributed by atoms with Crippen LogP contribution in [0.25, 0.3) is 0 Å². The van der Waals surface area contributed by atoms with E-state index in [2.05, 4.69) is 15.2 Å². The molecular formula is C56H106N3O21P. The van der Waals surface area contributed by atoms with Gasteiger partial charge in [0.1, 0.15) is 0 Å². The predicted octanol–water partition coefficient (Wildman–Crippen LogP) is 5.53. The molecule has 81 heavy (non-hydrogen) atoms. The zero-order chi connectivity index (χ0) is 58.5. The number of rotatable bonds is 67. The van der Waals surface area contributed by atoms with E-state index in [0.29, 0.717) is 204 Å².